The Kier molecular flexibility index (Phi) is 2.50. The average molecular weight is 208 g/mol. The van der Waals surface area contributed by atoms with Crippen molar-refractivity contribution < 1.29 is 9.90 Å². The van der Waals surface area contributed by atoms with Crippen LogP contribution in [0.15, 0.2) is 6.20 Å². The third kappa shape index (κ3) is 1.76. The van der Waals surface area contributed by atoms with Crippen molar-refractivity contribution in [1.29, 1.82) is 0 Å². The summed E-state index contributed by atoms with van der Waals surface area (Å²) in [6.07, 6.45) is 7.12. The molecule has 0 unspecified atom stereocenters. The highest BCUT2D eigenvalue weighted by Crippen LogP contribution is 2.39. The van der Waals surface area contributed by atoms with Gasteiger partial charge in [-0.05, 0) is 12.8 Å². The molecule has 1 saturated carbocycles. The van der Waals surface area contributed by atoms with Crippen molar-refractivity contribution in [2.75, 3.05) is 0 Å². The Morgan fingerprint density at radius 1 is 1.47 bits per heavy atom. The number of carboxylic acids is 1. The molecule has 15 heavy (non-hydrogen) atoms. The van der Waals surface area contributed by atoms with E-state index in [-0.39, 0.29) is 5.41 Å². The van der Waals surface area contributed by atoms with Gasteiger partial charge in [-0.3, -0.25) is 5.10 Å². The molecule has 1 fully saturated rings. The number of nitrogens with zero attached hydrogens (tertiary/aromatic N) is 1. The van der Waals surface area contributed by atoms with Gasteiger partial charge in [0.05, 0.1) is 11.9 Å². The lowest BCUT2D eigenvalue weighted by molar-refractivity contribution is 0.0693. The van der Waals surface area contributed by atoms with Crippen molar-refractivity contribution in [3.8, 4) is 0 Å². The normalized spacial score (nSPS) is 20.1. The molecular formula is C11H16N2O2. The van der Waals surface area contributed by atoms with Crippen molar-refractivity contribution >= 4 is 5.97 Å². The summed E-state index contributed by atoms with van der Waals surface area (Å²) in [4.78, 5) is 11.0. The molecule has 1 aromatic rings. The minimum Gasteiger partial charge on any atom is -0.478 e. The molecule has 1 aliphatic rings. The second-order valence-corrected chi connectivity index (χ2v) is 4.59. The molecule has 1 aliphatic carbocycles. The molecule has 4 nitrogen and oxygen atoms in total. The fourth-order valence-electron chi connectivity index (χ4n) is 2.49. The molecule has 1 aromatic heterocycles. The molecule has 1 heterocycles. The van der Waals surface area contributed by atoms with Crippen molar-refractivity contribution in [2.24, 2.45) is 0 Å². The van der Waals surface area contributed by atoms with Crippen LogP contribution in [0.2, 0.25) is 0 Å². The number of aromatic carboxylic acids is 1. The van der Waals surface area contributed by atoms with Crippen molar-refractivity contribution in [2.45, 2.75) is 44.4 Å². The van der Waals surface area contributed by atoms with Gasteiger partial charge in [0.2, 0.25) is 0 Å². The largest absolute Gasteiger partial charge is 0.478 e. The highest BCUT2D eigenvalue weighted by Gasteiger charge is 2.33. The molecule has 0 aliphatic heterocycles. The Labute approximate surface area is 88.7 Å². The van der Waals surface area contributed by atoms with E-state index in [9.17, 15) is 4.79 Å². The van der Waals surface area contributed by atoms with E-state index in [0.29, 0.717) is 5.56 Å². The van der Waals surface area contributed by atoms with Gasteiger partial charge < -0.3 is 5.11 Å². The lowest BCUT2D eigenvalue weighted by Gasteiger charge is -2.32. The summed E-state index contributed by atoms with van der Waals surface area (Å²) in [6, 6.07) is 0. The van der Waals surface area contributed by atoms with Crippen LogP contribution in [0, 0.1) is 0 Å². The maximum absolute atomic E-state index is 11.0. The summed E-state index contributed by atoms with van der Waals surface area (Å²) in [7, 11) is 0. The number of carbonyl (C=O) groups is 1. The van der Waals surface area contributed by atoms with Crippen LogP contribution in [-0.4, -0.2) is 21.3 Å². The number of hydrogen-bond donors (Lipinski definition) is 2. The van der Waals surface area contributed by atoms with Crippen LogP contribution in [0.1, 0.15) is 55.1 Å². The van der Waals surface area contributed by atoms with Gasteiger partial charge in [-0.15, -0.1) is 0 Å². The van der Waals surface area contributed by atoms with Gasteiger partial charge in [-0.2, -0.15) is 5.10 Å². The molecule has 0 aromatic carbocycles. The van der Waals surface area contributed by atoms with Crippen LogP contribution in [-0.2, 0) is 5.41 Å². The van der Waals surface area contributed by atoms with Crippen molar-refractivity contribution in [3.05, 3.63) is 17.5 Å². The van der Waals surface area contributed by atoms with Crippen LogP contribution in [0.3, 0.4) is 0 Å². The van der Waals surface area contributed by atoms with Gasteiger partial charge in [0.1, 0.15) is 5.56 Å². The Balaban J connectivity index is 2.34. The molecule has 2 N–H and O–H groups in total. The smallest absolute Gasteiger partial charge is 0.339 e. The number of H-pyrrole nitrogens is 1. The summed E-state index contributed by atoms with van der Waals surface area (Å²) >= 11 is 0. The Morgan fingerprint density at radius 2 is 2.13 bits per heavy atom. The summed E-state index contributed by atoms with van der Waals surface area (Å²) < 4.78 is 0. The van der Waals surface area contributed by atoms with Crippen LogP contribution < -0.4 is 0 Å². The molecule has 2 rings (SSSR count). The quantitative estimate of drug-likeness (QED) is 0.783. The predicted octanol–water partition coefficient (Wildman–Crippen LogP) is 2.33. The van der Waals surface area contributed by atoms with Crippen LogP contribution in [0.5, 0.6) is 0 Å². The lowest BCUT2D eigenvalue weighted by Crippen LogP contribution is -2.27. The summed E-state index contributed by atoms with van der Waals surface area (Å²) in [5.74, 6) is -0.884. The van der Waals surface area contributed by atoms with E-state index in [4.69, 9.17) is 5.11 Å². The molecule has 0 amide bonds. The second kappa shape index (κ2) is 3.68. The number of hydrogen-bond acceptors (Lipinski definition) is 2. The second-order valence-electron chi connectivity index (χ2n) is 4.59. The first-order chi connectivity index (χ1) is 7.13. The molecule has 0 spiro atoms. The maximum Gasteiger partial charge on any atom is 0.339 e. The van der Waals surface area contributed by atoms with Gasteiger partial charge in [0.15, 0.2) is 0 Å². The Bertz CT molecular complexity index is 364. The molecule has 4 heteroatoms. The van der Waals surface area contributed by atoms with Crippen molar-refractivity contribution in [1.82, 2.24) is 10.2 Å². The topological polar surface area (TPSA) is 66.0 Å². The zero-order chi connectivity index (χ0) is 10.9. The molecule has 82 valence electrons. The van der Waals surface area contributed by atoms with Gasteiger partial charge >= 0.3 is 5.97 Å². The van der Waals surface area contributed by atoms with Crippen molar-refractivity contribution in [3.63, 3.8) is 0 Å². The van der Waals surface area contributed by atoms with Gasteiger partial charge in [-0.1, -0.05) is 26.2 Å². The molecule has 0 radical (unpaired) electrons. The van der Waals surface area contributed by atoms with Crippen LogP contribution in [0.25, 0.3) is 0 Å². The third-order valence-electron chi connectivity index (χ3n) is 3.43. The average Bonchev–Trinajstić information content (AvgIpc) is 2.67. The minimum atomic E-state index is -0.884. The summed E-state index contributed by atoms with van der Waals surface area (Å²) in [5.41, 5.74) is 1.11. The third-order valence-corrected chi connectivity index (χ3v) is 3.43. The predicted molar refractivity (Wildman–Crippen MR) is 56.0 cm³/mol. The molecule has 0 bridgehead atoms. The maximum atomic E-state index is 11.0. The molecular weight excluding hydrogens is 192 g/mol. The van der Waals surface area contributed by atoms with Gasteiger partial charge in [-0.25, -0.2) is 4.79 Å². The standard InChI is InChI=1S/C11H16N2O2/c1-11(5-3-2-4-6-11)9-8(10(14)15)7-12-13-9/h7H,2-6H2,1H3,(H,12,13)(H,14,15). The Hall–Kier alpha value is -1.32. The van der Waals surface area contributed by atoms with Gasteiger partial charge in [0.25, 0.3) is 0 Å². The number of aromatic amines is 1. The van der Waals surface area contributed by atoms with E-state index in [1.807, 2.05) is 0 Å². The van der Waals surface area contributed by atoms with E-state index in [0.717, 1.165) is 18.5 Å². The van der Waals surface area contributed by atoms with Gasteiger partial charge in [0, 0.05) is 5.41 Å². The van der Waals surface area contributed by atoms with E-state index >= 15 is 0 Å². The first-order valence-corrected chi connectivity index (χ1v) is 5.41. The zero-order valence-corrected chi connectivity index (χ0v) is 8.92. The lowest BCUT2D eigenvalue weighted by atomic mass is 9.72. The van der Waals surface area contributed by atoms with Crippen LogP contribution in [0.4, 0.5) is 0 Å². The number of carboxylic acid groups (broad SMARTS) is 1. The van der Waals surface area contributed by atoms with E-state index in [2.05, 4.69) is 17.1 Å². The molecule has 0 saturated heterocycles. The SMILES string of the molecule is CC1(c2[nH]ncc2C(=O)O)CCCCC1. The number of rotatable bonds is 2. The summed E-state index contributed by atoms with van der Waals surface area (Å²) in [5, 5.41) is 15.8. The Morgan fingerprint density at radius 3 is 2.73 bits per heavy atom. The fraction of sp³-hybridized carbons (Fsp3) is 0.636. The fourth-order valence-corrected chi connectivity index (χ4v) is 2.49. The highest BCUT2D eigenvalue weighted by atomic mass is 16.4. The number of nitrogens with one attached hydrogen (secondary N) is 1. The minimum absolute atomic E-state index is 0.0253. The van der Waals surface area contributed by atoms with Crippen LogP contribution >= 0.6 is 0 Å². The number of aromatic nitrogens is 2. The first-order valence-electron chi connectivity index (χ1n) is 5.41. The van der Waals surface area contributed by atoms with E-state index in [1.54, 1.807) is 0 Å². The van der Waals surface area contributed by atoms with E-state index < -0.39 is 5.97 Å². The monoisotopic (exact) mass is 208 g/mol. The zero-order valence-electron chi connectivity index (χ0n) is 8.92. The highest BCUT2D eigenvalue weighted by molar-refractivity contribution is 5.89. The first kappa shape index (κ1) is 10.2. The van der Waals surface area contributed by atoms with E-state index in [1.165, 1.54) is 25.5 Å². The molecule has 0 atom stereocenters. The summed E-state index contributed by atoms with van der Waals surface area (Å²) in [6.45, 7) is 2.13.